The van der Waals surface area contributed by atoms with Crippen molar-refractivity contribution < 1.29 is 9.53 Å². The Kier molecular flexibility index (Phi) is 4.28. The molecule has 0 aromatic heterocycles. The Morgan fingerprint density at radius 3 is 2.72 bits per heavy atom. The van der Waals surface area contributed by atoms with Crippen molar-refractivity contribution in [1.29, 1.82) is 0 Å². The fourth-order valence-corrected chi connectivity index (χ4v) is 2.27. The molecule has 1 amide bonds. The molecule has 18 heavy (non-hydrogen) atoms. The van der Waals surface area contributed by atoms with Crippen molar-refractivity contribution in [1.82, 2.24) is 5.32 Å². The van der Waals surface area contributed by atoms with Crippen LogP contribution in [0.4, 0.5) is 0 Å². The standard InChI is InChI=1S/C13H16N2O2S/c14-12(18)11(9-4-2-1-3-5-9)13(16)15-10-6-7-17-8-10/h1-5,10-11H,6-8H2,(H2,14,18)(H,15,16). The third kappa shape index (κ3) is 3.05. The first-order valence-corrected chi connectivity index (χ1v) is 6.31. The molecule has 96 valence electrons. The summed E-state index contributed by atoms with van der Waals surface area (Å²) in [4.78, 5) is 12.4. The zero-order valence-corrected chi connectivity index (χ0v) is 10.8. The fraction of sp³-hybridized carbons (Fsp3) is 0.385. The van der Waals surface area contributed by atoms with Gasteiger partial charge in [0.1, 0.15) is 5.92 Å². The molecule has 0 saturated carbocycles. The normalized spacial score (nSPS) is 20.3. The number of amides is 1. The third-order valence-electron chi connectivity index (χ3n) is 2.96. The van der Waals surface area contributed by atoms with Crippen molar-refractivity contribution in [2.75, 3.05) is 13.2 Å². The third-order valence-corrected chi connectivity index (χ3v) is 3.19. The van der Waals surface area contributed by atoms with E-state index in [0.717, 1.165) is 12.0 Å². The molecular weight excluding hydrogens is 248 g/mol. The van der Waals surface area contributed by atoms with E-state index in [9.17, 15) is 4.79 Å². The van der Waals surface area contributed by atoms with Crippen LogP contribution in [-0.4, -0.2) is 30.2 Å². The maximum atomic E-state index is 12.2. The molecule has 0 bridgehead atoms. The smallest absolute Gasteiger partial charge is 0.234 e. The van der Waals surface area contributed by atoms with Gasteiger partial charge < -0.3 is 15.8 Å². The summed E-state index contributed by atoms with van der Waals surface area (Å²) in [7, 11) is 0. The number of carbonyl (C=O) groups excluding carboxylic acids is 1. The summed E-state index contributed by atoms with van der Waals surface area (Å²) < 4.78 is 5.23. The summed E-state index contributed by atoms with van der Waals surface area (Å²) in [5.74, 6) is -0.717. The summed E-state index contributed by atoms with van der Waals surface area (Å²) in [5, 5.41) is 2.93. The quantitative estimate of drug-likeness (QED) is 0.795. The number of nitrogens with one attached hydrogen (secondary N) is 1. The highest BCUT2D eigenvalue weighted by atomic mass is 32.1. The molecular formula is C13H16N2O2S. The number of benzene rings is 1. The minimum absolute atomic E-state index is 0.0677. The number of rotatable bonds is 4. The number of ether oxygens (including phenoxy) is 1. The Labute approximate surface area is 112 Å². The molecule has 2 atom stereocenters. The SMILES string of the molecule is NC(=S)C(C(=O)NC1CCOC1)c1ccccc1. The molecule has 1 aliphatic heterocycles. The molecule has 1 heterocycles. The van der Waals surface area contributed by atoms with E-state index in [2.05, 4.69) is 5.32 Å². The van der Waals surface area contributed by atoms with Crippen molar-refractivity contribution in [2.24, 2.45) is 5.73 Å². The van der Waals surface area contributed by atoms with Gasteiger partial charge in [0.05, 0.1) is 17.6 Å². The summed E-state index contributed by atoms with van der Waals surface area (Å²) in [6.45, 7) is 1.25. The van der Waals surface area contributed by atoms with Gasteiger partial charge in [-0.15, -0.1) is 0 Å². The summed E-state index contributed by atoms with van der Waals surface area (Å²) >= 11 is 5.00. The van der Waals surface area contributed by atoms with Gasteiger partial charge in [-0.2, -0.15) is 0 Å². The van der Waals surface area contributed by atoms with Crippen LogP contribution in [0.2, 0.25) is 0 Å². The zero-order chi connectivity index (χ0) is 13.0. The maximum Gasteiger partial charge on any atom is 0.234 e. The van der Waals surface area contributed by atoms with Gasteiger partial charge in [-0.1, -0.05) is 42.5 Å². The van der Waals surface area contributed by atoms with Gasteiger partial charge >= 0.3 is 0 Å². The van der Waals surface area contributed by atoms with Gasteiger partial charge in [0.2, 0.25) is 5.91 Å². The van der Waals surface area contributed by atoms with Gasteiger partial charge in [-0.05, 0) is 12.0 Å². The van der Waals surface area contributed by atoms with E-state index in [4.69, 9.17) is 22.7 Å². The Morgan fingerprint density at radius 2 is 2.17 bits per heavy atom. The summed E-state index contributed by atoms with van der Waals surface area (Å²) in [6, 6.07) is 9.41. The first-order chi connectivity index (χ1) is 8.68. The molecule has 1 fully saturated rings. The van der Waals surface area contributed by atoms with Crippen LogP contribution in [0.25, 0.3) is 0 Å². The second-order valence-corrected chi connectivity index (χ2v) is 4.79. The van der Waals surface area contributed by atoms with Crippen LogP contribution in [0.1, 0.15) is 17.9 Å². The Balaban J connectivity index is 2.10. The van der Waals surface area contributed by atoms with Gasteiger partial charge in [0.25, 0.3) is 0 Å². The van der Waals surface area contributed by atoms with E-state index in [1.807, 2.05) is 30.3 Å². The second kappa shape index (κ2) is 5.93. The Morgan fingerprint density at radius 1 is 1.44 bits per heavy atom. The van der Waals surface area contributed by atoms with Gasteiger partial charge in [0.15, 0.2) is 0 Å². The number of thiocarbonyl (C=S) groups is 1. The van der Waals surface area contributed by atoms with E-state index < -0.39 is 5.92 Å². The number of carbonyl (C=O) groups is 1. The lowest BCUT2D eigenvalue weighted by Gasteiger charge is -2.18. The molecule has 2 rings (SSSR count). The highest BCUT2D eigenvalue weighted by molar-refractivity contribution is 7.80. The predicted octanol–water partition coefficient (Wildman–Crippen LogP) is 0.961. The molecule has 4 nitrogen and oxygen atoms in total. The molecule has 1 aromatic rings. The maximum absolute atomic E-state index is 12.2. The van der Waals surface area contributed by atoms with Crippen molar-refractivity contribution >= 4 is 23.1 Å². The van der Waals surface area contributed by atoms with Crippen LogP contribution in [-0.2, 0) is 9.53 Å². The van der Waals surface area contributed by atoms with Crippen molar-refractivity contribution in [3.05, 3.63) is 35.9 Å². The van der Waals surface area contributed by atoms with Crippen molar-refractivity contribution in [2.45, 2.75) is 18.4 Å². The first kappa shape index (κ1) is 13.0. The molecule has 0 radical (unpaired) electrons. The van der Waals surface area contributed by atoms with E-state index in [1.165, 1.54) is 0 Å². The van der Waals surface area contributed by atoms with Crippen LogP contribution >= 0.6 is 12.2 Å². The van der Waals surface area contributed by atoms with Crippen LogP contribution in [0.3, 0.4) is 0 Å². The van der Waals surface area contributed by atoms with Gasteiger partial charge in [-0.3, -0.25) is 4.79 Å². The van der Waals surface area contributed by atoms with Crippen LogP contribution in [0, 0.1) is 0 Å². The van der Waals surface area contributed by atoms with E-state index in [0.29, 0.717) is 13.2 Å². The minimum Gasteiger partial charge on any atom is -0.392 e. The lowest BCUT2D eigenvalue weighted by molar-refractivity contribution is -0.121. The predicted molar refractivity (Wildman–Crippen MR) is 73.3 cm³/mol. The molecule has 5 heteroatoms. The van der Waals surface area contributed by atoms with E-state index in [-0.39, 0.29) is 16.9 Å². The largest absolute Gasteiger partial charge is 0.392 e. The second-order valence-electron chi connectivity index (χ2n) is 4.32. The number of hydrogen-bond acceptors (Lipinski definition) is 3. The molecule has 0 spiro atoms. The lowest BCUT2D eigenvalue weighted by Crippen LogP contribution is -2.42. The van der Waals surface area contributed by atoms with Crippen LogP contribution in [0.15, 0.2) is 30.3 Å². The minimum atomic E-state index is -0.568. The molecule has 2 unspecified atom stereocenters. The molecule has 0 aliphatic carbocycles. The number of nitrogens with two attached hydrogens (primary N) is 1. The Bertz CT molecular complexity index is 430. The molecule has 1 aliphatic rings. The van der Waals surface area contributed by atoms with Gasteiger partial charge in [-0.25, -0.2) is 0 Å². The lowest BCUT2D eigenvalue weighted by atomic mass is 9.98. The van der Waals surface area contributed by atoms with E-state index >= 15 is 0 Å². The van der Waals surface area contributed by atoms with Gasteiger partial charge in [0, 0.05) is 6.61 Å². The first-order valence-electron chi connectivity index (χ1n) is 5.91. The van der Waals surface area contributed by atoms with E-state index in [1.54, 1.807) is 0 Å². The van der Waals surface area contributed by atoms with Crippen molar-refractivity contribution in [3.63, 3.8) is 0 Å². The zero-order valence-electron chi connectivity index (χ0n) is 9.96. The molecule has 1 aromatic carbocycles. The highest BCUT2D eigenvalue weighted by Gasteiger charge is 2.26. The fourth-order valence-electron chi connectivity index (χ4n) is 2.02. The topological polar surface area (TPSA) is 64.4 Å². The monoisotopic (exact) mass is 264 g/mol. The van der Waals surface area contributed by atoms with Crippen LogP contribution < -0.4 is 11.1 Å². The number of hydrogen-bond donors (Lipinski definition) is 2. The molecule has 3 N–H and O–H groups in total. The average Bonchev–Trinajstić information content (AvgIpc) is 2.83. The summed E-state index contributed by atoms with van der Waals surface area (Å²) in [6.07, 6.45) is 0.838. The van der Waals surface area contributed by atoms with Crippen molar-refractivity contribution in [3.8, 4) is 0 Å². The highest BCUT2D eigenvalue weighted by Crippen LogP contribution is 2.17. The van der Waals surface area contributed by atoms with Crippen LogP contribution in [0.5, 0.6) is 0 Å². The average molecular weight is 264 g/mol. The molecule has 1 saturated heterocycles. The Hall–Kier alpha value is -1.46. The summed E-state index contributed by atoms with van der Waals surface area (Å²) in [5.41, 5.74) is 6.50.